The average molecular weight is 713 g/mol. The zero-order valence-corrected chi connectivity index (χ0v) is 31.4. The van der Waals surface area contributed by atoms with Crippen molar-refractivity contribution in [2.45, 2.75) is 39.5 Å². The molecule has 0 atom stereocenters. The molecule has 5 nitrogen and oxygen atoms in total. The number of hydrogen-bond acceptors (Lipinski definition) is 3. The van der Waals surface area contributed by atoms with E-state index in [0.717, 1.165) is 72.5 Å². The van der Waals surface area contributed by atoms with Crippen molar-refractivity contribution in [3.8, 4) is 45.3 Å². The number of imidazole rings is 2. The lowest BCUT2D eigenvalue weighted by Crippen LogP contribution is -2.09. The van der Waals surface area contributed by atoms with E-state index < -0.39 is 0 Å². The van der Waals surface area contributed by atoms with Gasteiger partial charge in [0.05, 0.1) is 33.3 Å². The number of nitrogens with zero attached hydrogens (tertiary/aromatic N) is 4. The molecule has 0 aliphatic rings. The van der Waals surface area contributed by atoms with Crippen molar-refractivity contribution < 1.29 is 4.42 Å². The lowest BCUT2D eigenvalue weighted by molar-refractivity contribution is 0.670. The Morgan fingerprint density at radius 2 is 1.09 bits per heavy atom. The maximum absolute atomic E-state index is 6.92. The number of furan rings is 1. The van der Waals surface area contributed by atoms with E-state index in [9.17, 15) is 0 Å². The van der Waals surface area contributed by atoms with Crippen LogP contribution in [0.1, 0.15) is 50.7 Å². The normalized spacial score (nSPS) is 12.0. The molecule has 0 amide bonds. The summed E-state index contributed by atoms with van der Waals surface area (Å²) in [5.74, 6) is 2.30. The molecule has 266 valence electrons. The first-order valence-electron chi connectivity index (χ1n) is 19.1. The van der Waals surface area contributed by atoms with Crippen LogP contribution in [0.2, 0.25) is 0 Å². The van der Waals surface area contributed by atoms with E-state index in [1.807, 2.05) is 12.1 Å². The molecule has 0 unspecified atom stereocenters. The minimum absolute atomic E-state index is 0.267. The fourth-order valence-corrected chi connectivity index (χ4v) is 8.21. The molecule has 0 aliphatic heterocycles. The topological polar surface area (TPSA) is 48.8 Å². The zero-order valence-electron chi connectivity index (χ0n) is 31.4. The van der Waals surface area contributed by atoms with Crippen molar-refractivity contribution in [3.05, 3.63) is 169 Å². The third kappa shape index (κ3) is 5.38. The average Bonchev–Trinajstić information content (AvgIpc) is 3.91. The van der Waals surface area contributed by atoms with E-state index in [1.54, 1.807) is 0 Å². The van der Waals surface area contributed by atoms with Crippen molar-refractivity contribution in [1.29, 1.82) is 0 Å². The second kappa shape index (κ2) is 13.0. The molecule has 0 spiro atoms. The Balaban J connectivity index is 1.24. The van der Waals surface area contributed by atoms with Gasteiger partial charge in [-0.2, -0.15) is 0 Å². The maximum atomic E-state index is 6.92. The molecule has 3 aromatic heterocycles. The van der Waals surface area contributed by atoms with Crippen LogP contribution in [0.4, 0.5) is 0 Å². The fraction of sp³-hybridized carbons (Fsp3) is 0.120. The van der Waals surface area contributed by atoms with Gasteiger partial charge in [-0.05, 0) is 82.6 Å². The monoisotopic (exact) mass is 712 g/mol. The molecule has 0 bridgehead atoms. The summed E-state index contributed by atoms with van der Waals surface area (Å²) >= 11 is 0. The van der Waals surface area contributed by atoms with Gasteiger partial charge in [-0.1, -0.05) is 131 Å². The van der Waals surface area contributed by atoms with Crippen LogP contribution in [0.15, 0.2) is 162 Å². The van der Waals surface area contributed by atoms with Crippen LogP contribution in [0.25, 0.3) is 89.3 Å². The number of rotatable bonds is 7. The Labute approximate surface area is 320 Å². The molecule has 5 heteroatoms. The highest BCUT2D eigenvalue weighted by Crippen LogP contribution is 2.43. The summed E-state index contributed by atoms with van der Waals surface area (Å²) in [6.07, 6.45) is 0. The molecular weight excluding hydrogens is 673 g/mol. The van der Waals surface area contributed by atoms with E-state index in [-0.39, 0.29) is 11.8 Å². The summed E-state index contributed by atoms with van der Waals surface area (Å²) in [6.45, 7) is 9.17. The standard InChI is InChI=1S/C50H40N4O/c1-31(2)39-27-35(33-17-8-5-9-18-33)28-40(32(3)4)47(39)54-44-26-15-14-25-42(44)51-50(54)38-24-16-23-37-41-29-45-43(30-46(41)55-48(37)38)52-49(34-19-10-6-11-20-34)53(45)36-21-12-7-13-22-36/h5-32H,1-4H3. The Kier molecular flexibility index (Phi) is 7.77. The van der Waals surface area contributed by atoms with E-state index in [2.05, 4.69) is 182 Å². The van der Waals surface area contributed by atoms with Crippen molar-refractivity contribution >= 4 is 44.0 Å². The zero-order chi connectivity index (χ0) is 37.2. The third-order valence-corrected chi connectivity index (χ3v) is 10.9. The lowest BCUT2D eigenvalue weighted by Gasteiger charge is -2.24. The number of benzene rings is 7. The molecule has 3 heterocycles. The van der Waals surface area contributed by atoms with Gasteiger partial charge in [0.2, 0.25) is 0 Å². The first kappa shape index (κ1) is 32.9. The summed E-state index contributed by atoms with van der Waals surface area (Å²) in [4.78, 5) is 10.6. The summed E-state index contributed by atoms with van der Waals surface area (Å²) in [5, 5.41) is 2.09. The summed E-state index contributed by atoms with van der Waals surface area (Å²) in [6, 6.07) is 55.6. The van der Waals surface area contributed by atoms with Crippen LogP contribution < -0.4 is 0 Å². The molecule has 55 heavy (non-hydrogen) atoms. The SMILES string of the molecule is CC(C)c1cc(-c2ccccc2)cc(C(C)C)c1-n1c(-c2cccc3c2oc2cc4nc(-c5ccccc5)n(-c5ccccc5)c4cc23)nc2ccccc21. The Morgan fingerprint density at radius 3 is 1.78 bits per heavy atom. The molecule has 10 rings (SSSR count). The molecular formula is C50H40N4O. The molecule has 0 N–H and O–H groups in total. The van der Waals surface area contributed by atoms with Gasteiger partial charge in [-0.15, -0.1) is 0 Å². The molecule has 10 aromatic rings. The minimum atomic E-state index is 0.267. The number of aromatic nitrogens is 4. The lowest BCUT2D eigenvalue weighted by atomic mass is 9.88. The first-order chi connectivity index (χ1) is 26.9. The predicted octanol–water partition coefficient (Wildman–Crippen LogP) is 13.5. The number of hydrogen-bond donors (Lipinski definition) is 0. The number of fused-ring (bicyclic) bond motifs is 5. The van der Waals surface area contributed by atoms with Crippen molar-refractivity contribution in [2.24, 2.45) is 0 Å². The van der Waals surface area contributed by atoms with Gasteiger partial charge in [0.25, 0.3) is 0 Å². The number of para-hydroxylation sites is 4. The second-order valence-electron chi connectivity index (χ2n) is 15.0. The van der Waals surface area contributed by atoms with Crippen molar-refractivity contribution in [2.75, 3.05) is 0 Å². The Morgan fingerprint density at radius 1 is 0.473 bits per heavy atom. The van der Waals surface area contributed by atoms with Crippen LogP contribution in [0, 0.1) is 0 Å². The van der Waals surface area contributed by atoms with E-state index in [1.165, 1.54) is 27.9 Å². The van der Waals surface area contributed by atoms with E-state index in [4.69, 9.17) is 14.4 Å². The van der Waals surface area contributed by atoms with Gasteiger partial charge in [-0.25, -0.2) is 9.97 Å². The van der Waals surface area contributed by atoms with Crippen molar-refractivity contribution in [1.82, 2.24) is 19.1 Å². The highest BCUT2D eigenvalue weighted by atomic mass is 16.3. The van der Waals surface area contributed by atoms with Gasteiger partial charge in [-0.3, -0.25) is 9.13 Å². The third-order valence-electron chi connectivity index (χ3n) is 10.9. The minimum Gasteiger partial charge on any atom is -0.455 e. The van der Waals surface area contributed by atoms with Crippen LogP contribution >= 0.6 is 0 Å². The smallest absolute Gasteiger partial charge is 0.149 e. The highest BCUT2D eigenvalue weighted by molar-refractivity contribution is 6.13. The van der Waals surface area contributed by atoms with Gasteiger partial charge in [0, 0.05) is 28.1 Å². The van der Waals surface area contributed by atoms with Gasteiger partial charge in [0.15, 0.2) is 0 Å². The van der Waals surface area contributed by atoms with Crippen LogP contribution in [0.5, 0.6) is 0 Å². The fourth-order valence-electron chi connectivity index (χ4n) is 8.21. The predicted molar refractivity (Wildman–Crippen MR) is 227 cm³/mol. The Hall–Kier alpha value is -6.72. The summed E-state index contributed by atoms with van der Waals surface area (Å²) in [7, 11) is 0. The van der Waals surface area contributed by atoms with Gasteiger partial charge >= 0.3 is 0 Å². The Bertz CT molecular complexity index is 2990. The largest absolute Gasteiger partial charge is 0.455 e. The summed E-state index contributed by atoms with van der Waals surface area (Å²) < 4.78 is 11.6. The highest BCUT2D eigenvalue weighted by Gasteiger charge is 2.26. The van der Waals surface area contributed by atoms with Gasteiger partial charge < -0.3 is 4.42 Å². The summed E-state index contributed by atoms with van der Waals surface area (Å²) in [5.41, 5.74) is 14.8. The van der Waals surface area contributed by atoms with Crippen molar-refractivity contribution in [3.63, 3.8) is 0 Å². The molecule has 0 saturated carbocycles. The van der Waals surface area contributed by atoms with E-state index in [0.29, 0.717) is 0 Å². The molecule has 0 aliphatic carbocycles. The van der Waals surface area contributed by atoms with E-state index >= 15 is 0 Å². The molecule has 0 saturated heterocycles. The molecule has 7 aromatic carbocycles. The maximum Gasteiger partial charge on any atom is 0.149 e. The van der Waals surface area contributed by atoms with Gasteiger partial charge in [0.1, 0.15) is 22.8 Å². The van der Waals surface area contributed by atoms with Crippen LogP contribution in [-0.2, 0) is 0 Å². The van der Waals surface area contributed by atoms with Crippen LogP contribution in [0.3, 0.4) is 0 Å². The molecule has 0 radical (unpaired) electrons. The molecule has 0 fully saturated rings. The first-order valence-corrected chi connectivity index (χ1v) is 19.1. The second-order valence-corrected chi connectivity index (χ2v) is 15.0. The van der Waals surface area contributed by atoms with Crippen LogP contribution in [-0.4, -0.2) is 19.1 Å². The quantitative estimate of drug-likeness (QED) is 0.165.